The van der Waals surface area contributed by atoms with E-state index in [1.807, 2.05) is 11.3 Å². The van der Waals surface area contributed by atoms with Gasteiger partial charge in [0.25, 0.3) is 0 Å². The number of fused-ring (bicyclic) bond motifs is 12. The lowest BCUT2D eigenvalue weighted by Gasteiger charge is -2.46. The summed E-state index contributed by atoms with van der Waals surface area (Å²) >= 11 is 1.89. The van der Waals surface area contributed by atoms with Gasteiger partial charge >= 0.3 is 6.85 Å². The van der Waals surface area contributed by atoms with E-state index >= 15 is 0 Å². The van der Waals surface area contributed by atoms with E-state index in [1.165, 1.54) is 64.8 Å². The first-order valence-corrected chi connectivity index (χ1v) is 35.1. The molecular formula is C90H78BN3O2S. The van der Waals surface area contributed by atoms with E-state index in [-0.39, 0.29) is 28.5 Å². The summed E-state index contributed by atoms with van der Waals surface area (Å²) in [7, 11) is 0. The number of hydrogen-bond donors (Lipinski definition) is 0. The molecule has 0 radical (unpaired) electrons. The Morgan fingerprint density at radius 3 is 1.51 bits per heavy atom. The Bertz CT molecular complexity index is 5540. The molecule has 0 saturated carbocycles. The van der Waals surface area contributed by atoms with Gasteiger partial charge in [0.15, 0.2) is 5.58 Å². The lowest BCUT2D eigenvalue weighted by atomic mass is 9.43. The summed E-state index contributed by atoms with van der Waals surface area (Å²) in [5.41, 5.74) is 27.5. The number of rotatable bonds is 8. The molecule has 0 bridgehead atoms. The van der Waals surface area contributed by atoms with E-state index in [2.05, 4.69) is 352 Å². The summed E-state index contributed by atoms with van der Waals surface area (Å²) in [5.74, 6) is 0. The van der Waals surface area contributed by atoms with Crippen molar-refractivity contribution in [3.8, 4) is 43.8 Å². The number of anilines is 8. The van der Waals surface area contributed by atoms with E-state index in [9.17, 15) is 0 Å². The normalized spacial score (nSPS) is 13.3. The third kappa shape index (κ3) is 10.0. The monoisotopic (exact) mass is 1280 g/mol. The van der Waals surface area contributed by atoms with Crippen LogP contribution in [0.5, 0.6) is 0 Å². The van der Waals surface area contributed by atoms with Crippen LogP contribution >= 0.6 is 11.3 Å². The van der Waals surface area contributed by atoms with Crippen molar-refractivity contribution in [2.24, 2.45) is 0 Å². The SMILES string of the molecule is CC(C)(C)c1ccc(N2B3c4cc5sc(-c6ccccc6)c(-c6ccccc6)c5cc4N(c4ccc(C(C)(C)C)cc4-c4ccccc4)c4c3c(cc3c4oc4ccccc43)-c3cc4c(cc32)oc2ccc(N(c3ccc(C(C)(C)C)cc3)c3ccc(C(C)(C)C)cc3)cc24)cc1. The molecule has 17 rings (SSSR count). The summed E-state index contributed by atoms with van der Waals surface area (Å²) in [5, 5.41) is 5.44. The maximum atomic E-state index is 7.53. The Hall–Kier alpha value is -10.3. The minimum absolute atomic E-state index is 0.00561. The van der Waals surface area contributed by atoms with E-state index in [0.29, 0.717) is 0 Å². The summed E-state index contributed by atoms with van der Waals surface area (Å²) in [6.45, 7) is 27.2. The molecule has 0 saturated heterocycles. The Balaban J connectivity index is 0.994. The Labute approximate surface area is 574 Å². The lowest BCUT2D eigenvalue weighted by molar-refractivity contribution is 0.590. The third-order valence-corrected chi connectivity index (χ3v) is 21.7. The highest BCUT2D eigenvalue weighted by molar-refractivity contribution is 7.23. The molecule has 7 heteroatoms. The zero-order valence-corrected chi connectivity index (χ0v) is 58.2. The van der Waals surface area contributed by atoms with E-state index in [0.717, 1.165) is 112 Å². The van der Waals surface area contributed by atoms with Gasteiger partial charge in [-0.05, 0) is 174 Å². The molecule has 0 amide bonds. The second-order valence-corrected chi connectivity index (χ2v) is 32.0. The number of furan rings is 2. The molecule has 474 valence electrons. The van der Waals surface area contributed by atoms with Crippen molar-refractivity contribution in [3.05, 3.63) is 277 Å². The van der Waals surface area contributed by atoms with Crippen LogP contribution in [0.15, 0.2) is 264 Å². The molecule has 0 aliphatic carbocycles. The van der Waals surface area contributed by atoms with Crippen LogP contribution in [0.2, 0.25) is 0 Å². The maximum Gasteiger partial charge on any atom is 0.333 e. The number of para-hydroxylation sites is 1. The van der Waals surface area contributed by atoms with Crippen molar-refractivity contribution >= 4 is 129 Å². The number of hydrogen-bond acceptors (Lipinski definition) is 6. The predicted molar refractivity (Wildman–Crippen MR) is 416 cm³/mol. The van der Waals surface area contributed by atoms with Gasteiger partial charge in [0.05, 0.1) is 11.4 Å². The van der Waals surface area contributed by atoms with Gasteiger partial charge in [-0.25, -0.2) is 0 Å². The van der Waals surface area contributed by atoms with Crippen LogP contribution in [0.3, 0.4) is 0 Å². The molecule has 5 heterocycles. The average molecular weight is 1280 g/mol. The van der Waals surface area contributed by atoms with Crippen molar-refractivity contribution in [1.82, 2.24) is 0 Å². The Morgan fingerprint density at radius 1 is 0.361 bits per heavy atom. The van der Waals surface area contributed by atoms with Crippen LogP contribution in [-0.2, 0) is 21.7 Å². The first kappa shape index (κ1) is 60.3. The van der Waals surface area contributed by atoms with Gasteiger partial charge in [-0.1, -0.05) is 235 Å². The number of thiophene rings is 1. The van der Waals surface area contributed by atoms with Crippen LogP contribution < -0.4 is 25.5 Å². The summed E-state index contributed by atoms with van der Waals surface area (Å²) in [6.07, 6.45) is 0. The highest BCUT2D eigenvalue weighted by Crippen LogP contribution is 2.56. The van der Waals surface area contributed by atoms with Crippen molar-refractivity contribution in [2.75, 3.05) is 14.6 Å². The molecule has 2 aliphatic rings. The number of nitrogens with zero attached hydrogens (tertiary/aromatic N) is 3. The smallest absolute Gasteiger partial charge is 0.333 e. The van der Waals surface area contributed by atoms with Crippen LogP contribution in [-0.4, -0.2) is 6.85 Å². The molecule has 15 aromatic rings. The highest BCUT2D eigenvalue weighted by Gasteiger charge is 2.48. The molecule has 3 aromatic heterocycles. The van der Waals surface area contributed by atoms with Crippen LogP contribution in [0.4, 0.5) is 45.5 Å². The molecular weight excluding hydrogens is 1200 g/mol. The first-order valence-electron chi connectivity index (χ1n) is 34.2. The van der Waals surface area contributed by atoms with Crippen molar-refractivity contribution in [2.45, 2.75) is 105 Å². The average Bonchev–Trinajstić information content (AvgIpc) is 1.66. The topological polar surface area (TPSA) is 36.0 Å². The number of benzene rings is 12. The lowest BCUT2D eigenvalue weighted by Crippen LogP contribution is -2.61. The predicted octanol–water partition coefficient (Wildman–Crippen LogP) is 25.1. The van der Waals surface area contributed by atoms with Crippen molar-refractivity contribution in [3.63, 3.8) is 0 Å². The molecule has 2 aliphatic heterocycles. The van der Waals surface area contributed by atoms with Gasteiger partial charge < -0.3 is 23.4 Å². The van der Waals surface area contributed by atoms with Gasteiger partial charge in [0.1, 0.15) is 16.7 Å². The molecule has 0 N–H and O–H groups in total. The van der Waals surface area contributed by atoms with Gasteiger partial charge in [0, 0.05) is 93.4 Å². The minimum atomic E-state index is -0.348. The van der Waals surface area contributed by atoms with Crippen LogP contribution in [0.25, 0.3) is 97.8 Å². The quantitative estimate of drug-likeness (QED) is 0.142. The van der Waals surface area contributed by atoms with E-state index in [1.54, 1.807) is 0 Å². The first-order chi connectivity index (χ1) is 46.6. The molecule has 5 nitrogen and oxygen atoms in total. The molecule has 0 unspecified atom stereocenters. The zero-order chi connectivity index (χ0) is 66.6. The fourth-order valence-electron chi connectivity index (χ4n) is 15.2. The van der Waals surface area contributed by atoms with Crippen LogP contribution in [0, 0.1) is 0 Å². The molecule has 0 atom stereocenters. The molecule has 0 fully saturated rings. The molecule has 12 aromatic carbocycles. The minimum Gasteiger partial charge on any atom is -0.456 e. The van der Waals surface area contributed by atoms with Crippen molar-refractivity contribution in [1.29, 1.82) is 0 Å². The fraction of sp³-hybridized carbons (Fsp3) is 0.178. The van der Waals surface area contributed by atoms with Gasteiger partial charge in [-0.15, -0.1) is 11.3 Å². The van der Waals surface area contributed by atoms with Gasteiger partial charge in [0.2, 0.25) is 0 Å². The van der Waals surface area contributed by atoms with Crippen molar-refractivity contribution < 1.29 is 8.83 Å². The zero-order valence-electron chi connectivity index (χ0n) is 57.4. The third-order valence-electron chi connectivity index (χ3n) is 20.5. The summed E-state index contributed by atoms with van der Waals surface area (Å²) < 4.78 is 16.0. The van der Waals surface area contributed by atoms with Gasteiger partial charge in [-0.3, -0.25) is 0 Å². The maximum absolute atomic E-state index is 7.53. The summed E-state index contributed by atoms with van der Waals surface area (Å²) in [6, 6.07) is 95.6. The molecule has 0 spiro atoms. The second-order valence-electron chi connectivity index (χ2n) is 30.9. The Morgan fingerprint density at radius 2 is 0.887 bits per heavy atom. The standard InChI is InChI=1S/C90H78BN3O2S/c1-87(2,3)58-32-39-62(40-33-58)92(63-41-34-59(35-42-63)88(4,5)6)65-45-47-79-69(49-65)70-50-68-71-51-72-66-30-22-23-31-78(66)96-85(72)84-83(71)91(94(76(68)54-80(70)95-79)64-43-36-60(37-44-64)89(7,8)9)74-53-81-73(82(56-26-18-14-19-27-56)86(97-81)57-28-20-15-21-29-57)52-77(74)93(84)75-46-38-61(90(10,11)12)48-67(75)55-24-16-13-17-25-55/h13-54H,1-12H3. The molecule has 97 heavy (non-hydrogen) atoms. The second kappa shape index (κ2) is 22.1. The highest BCUT2D eigenvalue weighted by atomic mass is 32.1. The Kier molecular flexibility index (Phi) is 13.8. The van der Waals surface area contributed by atoms with Gasteiger partial charge in [-0.2, -0.15) is 0 Å². The van der Waals surface area contributed by atoms with E-state index in [4.69, 9.17) is 8.83 Å². The largest absolute Gasteiger partial charge is 0.456 e. The van der Waals surface area contributed by atoms with Crippen LogP contribution in [0.1, 0.15) is 105 Å². The fourth-order valence-corrected chi connectivity index (χ4v) is 16.5. The summed E-state index contributed by atoms with van der Waals surface area (Å²) in [4.78, 5) is 8.89. The van der Waals surface area contributed by atoms with E-state index < -0.39 is 0 Å².